The number of phosphoric acid groups is 1. The molecule has 0 heterocycles. The van der Waals surface area contributed by atoms with Gasteiger partial charge in [0, 0.05) is 25.4 Å². The summed E-state index contributed by atoms with van der Waals surface area (Å²) in [5.74, 6) is -0.593. The first kappa shape index (κ1) is 49.9. The Balaban J connectivity index is 4.19. The van der Waals surface area contributed by atoms with Crippen LogP contribution in [0.15, 0.2) is 48.6 Å². The van der Waals surface area contributed by atoms with Gasteiger partial charge >= 0.3 is 19.8 Å². The predicted molar refractivity (Wildman–Crippen MR) is 209 cm³/mol. The number of hydrogen-bond acceptors (Lipinski definition) is 9. The summed E-state index contributed by atoms with van der Waals surface area (Å²) in [5.41, 5.74) is 0. The molecule has 12 heteroatoms. The number of nitrogens with zero attached hydrogens (tertiary/aromatic N) is 1. The molecule has 0 aromatic heterocycles. The summed E-state index contributed by atoms with van der Waals surface area (Å²) in [6, 6.07) is 0. The van der Waals surface area contributed by atoms with Crippen LogP contribution in [0.4, 0.5) is 0 Å². The third-order valence-electron chi connectivity index (χ3n) is 7.88. The summed E-state index contributed by atoms with van der Waals surface area (Å²) < 4.78 is 45.8. The average molecular weight is 759 g/mol. The van der Waals surface area contributed by atoms with Crippen LogP contribution >= 0.6 is 7.82 Å². The molecule has 0 aliphatic carbocycles. The Morgan fingerprint density at radius 2 is 1.00 bits per heavy atom. The Bertz CT molecular complexity index is 1040. The van der Waals surface area contributed by atoms with E-state index in [4.69, 9.17) is 28.0 Å². The molecule has 2 unspecified atom stereocenters. The number of quaternary nitrogens is 1. The molecule has 0 saturated heterocycles. The van der Waals surface area contributed by atoms with Crippen molar-refractivity contribution >= 4 is 19.8 Å². The molecular formula is C40H73NO10P+. The monoisotopic (exact) mass is 758 g/mol. The lowest BCUT2D eigenvalue weighted by molar-refractivity contribution is -0.870. The van der Waals surface area contributed by atoms with Gasteiger partial charge in [-0.1, -0.05) is 114 Å². The molecule has 1 N–H and O–H groups in total. The van der Waals surface area contributed by atoms with Crippen molar-refractivity contribution in [2.45, 2.75) is 123 Å². The molecule has 302 valence electrons. The smallest absolute Gasteiger partial charge is 0.463 e. The van der Waals surface area contributed by atoms with Crippen molar-refractivity contribution in [1.82, 2.24) is 0 Å². The van der Waals surface area contributed by atoms with Gasteiger partial charge in [-0.25, -0.2) is 14.2 Å². The third kappa shape index (κ3) is 37.6. The fraction of sp³-hybridized carbons (Fsp3) is 0.750. The van der Waals surface area contributed by atoms with Crippen LogP contribution in [0.25, 0.3) is 0 Å². The Morgan fingerprint density at radius 3 is 1.44 bits per heavy atom. The summed E-state index contributed by atoms with van der Waals surface area (Å²) in [5, 5.41) is 0. The summed E-state index contributed by atoms with van der Waals surface area (Å²) in [7, 11) is 1.76. The maximum absolute atomic E-state index is 12.4. The van der Waals surface area contributed by atoms with E-state index in [2.05, 4.69) is 0 Å². The van der Waals surface area contributed by atoms with Crippen molar-refractivity contribution in [3.05, 3.63) is 48.6 Å². The summed E-state index contributed by atoms with van der Waals surface area (Å²) in [4.78, 5) is 33.2. The maximum Gasteiger partial charge on any atom is 0.472 e. The second-order valence-electron chi connectivity index (χ2n) is 13.9. The fourth-order valence-corrected chi connectivity index (χ4v) is 5.56. The topological polar surface area (TPSA) is 127 Å². The van der Waals surface area contributed by atoms with E-state index in [0.29, 0.717) is 37.5 Å². The Kier molecular flexibility index (Phi) is 33.2. The molecule has 0 aliphatic heterocycles. The van der Waals surface area contributed by atoms with Crippen LogP contribution in [0, 0.1) is 0 Å². The van der Waals surface area contributed by atoms with Crippen molar-refractivity contribution < 1.29 is 51.5 Å². The van der Waals surface area contributed by atoms with Crippen molar-refractivity contribution in [3.63, 3.8) is 0 Å². The highest BCUT2D eigenvalue weighted by Gasteiger charge is 2.25. The first-order chi connectivity index (χ1) is 25.0. The van der Waals surface area contributed by atoms with Gasteiger partial charge in [-0.05, 0) is 39.5 Å². The standard InChI is InChI=1S/C40H72NO10P/c1-6-8-22-28-39(42)48-33-26-20-16-11-10-14-18-24-31-46-36-38(37-51-52(44,45)50-35-30-41(3,4)5)47-32-25-19-15-12-13-17-21-27-34-49-40(43)29-23-9-7-2/h6-9,22-23,28-29,38H,10-21,24-27,30-37H2,1-5H3/p+1/b8-6+,9-7+,28-22+,29-23+. The van der Waals surface area contributed by atoms with Crippen LogP contribution in [0.3, 0.4) is 0 Å². The van der Waals surface area contributed by atoms with Gasteiger partial charge < -0.3 is 28.3 Å². The van der Waals surface area contributed by atoms with Gasteiger partial charge in [-0.15, -0.1) is 0 Å². The number of carbonyl (C=O) groups is 2. The van der Waals surface area contributed by atoms with Crippen LogP contribution in [0.2, 0.25) is 0 Å². The van der Waals surface area contributed by atoms with E-state index in [9.17, 15) is 19.0 Å². The second kappa shape index (κ2) is 34.6. The quantitative estimate of drug-likeness (QED) is 0.0165. The SMILES string of the molecule is C/C=C/C=C/C(=O)OCCCCCCCCCCOCC(COP(=O)(O)OCC[N+](C)(C)C)OCCCCCCCCCCOC(=O)/C=C/C=C/C. The molecule has 0 aliphatic rings. The lowest BCUT2D eigenvalue weighted by Crippen LogP contribution is -2.37. The Morgan fingerprint density at radius 1 is 0.577 bits per heavy atom. The summed E-state index contributed by atoms with van der Waals surface area (Å²) >= 11 is 0. The molecule has 2 atom stereocenters. The van der Waals surface area contributed by atoms with Gasteiger partial charge in [0.15, 0.2) is 0 Å². The third-order valence-corrected chi connectivity index (χ3v) is 8.86. The number of allylic oxidation sites excluding steroid dienone is 6. The average Bonchev–Trinajstić information content (AvgIpc) is 3.08. The van der Waals surface area contributed by atoms with E-state index in [1.165, 1.54) is 12.2 Å². The molecule has 0 amide bonds. The van der Waals surface area contributed by atoms with Crippen LogP contribution in [-0.2, 0) is 42.1 Å². The van der Waals surface area contributed by atoms with Crippen LogP contribution in [0.5, 0.6) is 0 Å². The molecule has 0 saturated carbocycles. The zero-order valence-electron chi connectivity index (χ0n) is 33.2. The van der Waals surface area contributed by atoms with Gasteiger partial charge in [0.2, 0.25) is 0 Å². The van der Waals surface area contributed by atoms with E-state index < -0.39 is 13.9 Å². The molecule has 11 nitrogen and oxygen atoms in total. The van der Waals surface area contributed by atoms with E-state index in [-0.39, 0.29) is 31.8 Å². The van der Waals surface area contributed by atoms with Crippen molar-refractivity contribution in [3.8, 4) is 0 Å². The minimum atomic E-state index is -4.19. The number of rotatable bonds is 36. The van der Waals surface area contributed by atoms with Crippen LogP contribution in [-0.4, -0.2) is 101 Å². The highest BCUT2D eigenvalue weighted by Crippen LogP contribution is 2.43. The predicted octanol–water partition coefficient (Wildman–Crippen LogP) is 8.82. The van der Waals surface area contributed by atoms with Crippen molar-refractivity contribution in [2.75, 3.05) is 73.9 Å². The van der Waals surface area contributed by atoms with Crippen LogP contribution in [0.1, 0.15) is 117 Å². The number of esters is 2. The number of hydrogen-bond donors (Lipinski definition) is 1. The lowest BCUT2D eigenvalue weighted by atomic mass is 10.1. The minimum Gasteiger partial charge on any atom is -0.463 e. The van der Waals surface area contributed by atoms with E-state index in [0.717, 1.165) is 103 Å². The van der Waals surface area contributed by atoms with Crippen molar-refractivity contribution in [2.24, 2.45) is 0 Å². The van der Waals surface area contributed by atoms with Gasteiger partial charge in [-0.2, -0.15) is 0 Å². The molecule has 0 fully saturated rings. The Labute approximate surface area is 316 Å². The van der Waals surface area contributed by atoms with Gasteiger partial charge in [0.1, 0.15) is 19.3 Å². The van der Waals surface area contributed by atoms with Crippen molar-refractivity contribution in [1.29, 1.82) is 0 Å². The summed E-state index contributed by atoms with van der Waals surface area (Å²) in [6.07, 6.45) is 30.0. The molecule has 0 aromatic rings. The van der Waals surface area contributed by atoms with Gasteiger partial charge in [0.25, 0.3) is 0 Å². The van der Waals surface area contributed by atoms with Gasteiger partial charge in [0.05, 0.1) is 47.6 Å². The maximum atomic E-state index is 12.4. The first-order valence-corrected chi connectivity index (χ1v) is 21.0. The molecule has 0 aromatic carbocycles. The number of phosphoric ester groups is 1. The lowest BCUT2D eigenvalue weighted by Gasteiger charge is -2.24. The fourth-order valence-electron chi connectivity index (χ4n) is 4.82. The molecule has 0 rings (SSSR count). The normalized spacial score (nSPS) is 14.2. The highest BCUT2D eigenvalue weighted by atomic mass is 31.2. The Hall–Kier alpha value is -2.11. The zero-order valence-corrected chi connectivity index (χ0v) is 34.1. The van der Waals surface area contributed by atoms with E-state index in [1.54, 1.807) is 24.3 Å². The number of carbonyl (C=O) groups excluding carboxylic acids is 2. The molecular weight excluding hydrogens is 685 g/mol. The van der Waals surface area contributed by atoms with E-state index in [1.807, 2.05) is 47.1 Å². The van der Waals surface area contributed by atoms with E-state index >= 15 is 0 Å². The van der Waals surface area contributed by atoms with Gasteiger partial charge in [-0.3, -0.25) is 9.05 Å². The largest absolute Gasteiger partial charge is 0.472 e. The number of ether oxygens (including phenoxy) is 4. The minimum absolute atomic E-state index is 0.0777. The highest BCUT2D eigenvalue weighted by molar-refractivity contribution is 7.47. The zero-order chi connectivity index (χ0) is 38.6. The summed E-state index contributed by atoms with van der Waals surface area (Å²) in [6.45, 7) is 6.74. The van der Waals surface area contributed by atoms with Crippen LogP contribution < -0.4 is 0 Å². The molecule has 0 radical (unpaired) electrons. The number of likely N-dealkylation sites (N-methyl/N-ethyl adjacent to an activating group) is 1. The first-order valence-electron chi connectivity index (χ1n) is 19.5. The molecule has 0 bridgehead atoms. The number of unbranched alkanes of at least 4 members (excludes halogenated alkanes) is 14. The molecule has 52 heavy (non-hydrogen) atoms. The molecule has 0 spiro atoms. The second-order valence-corrected chi connectivity index (χ2v) is 15.4.